The molecular formula is C18H26N6. The van der Waals surface area contributed by atoms with Crippen molar-refractivity contribution in [2.24, 2.45) is 0 Å². The Morgan fingerprint density at radius 1 is 1.12 bits per heavy atom. The molecule has 3 heterocycles. The average molecular weight is 326 g/mol. The molecule has 0 N–H and O–H groups in total. The van der Waals surface area contributed by atoms with Gasteiger partial charge in [-0.1, -0.05) is 6.07 Å². The number of anilines is 2. The Kier molecular flexibility index (Phi) is 5.25. The number of hydrogen-bond acceptors (Lipinski definition) is 6. The second kappa shape index (κ2) is 7.57. The van der Waals surface area contributed by atoms with Crippen molar-refractivity contribution in [2.45, 2.75) is 13.3 Å². The molecule has 6 nitrogen and oxygen atoms in total. The second-order valence-electron chi connectivity index (χ2n) is 6.50. The van der Waals surface area contributed by atoms with E-state index >= 15 is 0 Å². The van der Waals surface area contributed by atoms with Crippen molar-refractivity contribution in [3.8, 4) is 0 Å². The van der Waals surface area contributed by atoms with Crippen molar-refractivity contribution in [3.63, 3.8) is 0 Å². The van der Waals surface area contributed by atoms with Gasteiger partial charge in [0.05, 0.1) is 0 Å². The molecule has 128 valence electrons. The number of nitrogens with zero attached hydrogens (tertiary/aromatic N) is 6. The molecule has 0 radical (unpaired) electrons. The number of rotatable bonds is 5. The fourth-order valence-corrected chi connectivity index (χ4v) is 2.93. The lowest BCUT2D eigenvalue weighted by molar-refractivity contribution is 0.260. The molecule has 0 atom stereocenters. The van der Waals surface area contributed by atoms with Crippen LogP contribution >= 0.6 is 0 Å². The monoisotopic (exact) mass is 326 g/mol. The highest BCUT2D eigenvalue weighted by molar-refractivity contribution is 5.45. The molecule has 0 aliphatic carbocycles. The molecule has 1 aliphatic rings. The average Bonchev–Trinajstić information content (AvgIpc) is 2.61. The van der Waals surface area contributed by atoms with Crippen LogP contribution in [0, 0.1) is 6.92 Å². The largest absolute Gasteiger partial charge is 0.354 e. The number of pyridine rings is 1. The number of aromatic nitrogens is 3. The van der Waals surface area contributed by atoms with E-state index in [4.69, 9.17) is 0 Å². The molecule has 0 aromatic carbocycles. The maximum Gasteiger partial charge on any atom is 0.226 e. The predicted molar refractivity (Wildman–Crippen MR) is 97.7 cm³/mol. The topological polar surface area (TPSA) is 48.4 Å². The van der Waals surface area contributed by atoms with E-state index in [1.54, 1.807) is 0 Å². The molecule has 1 aliphatic heterocycles. The lowest BCUT2D eigenvalue weighted by Gasteiger charge is -2.35. The third-order valence-corrected chi connectivity index (χ3v) is 4.36. The van der Waals surface area contributed by atoms with Crippen LogP contribution < -0.4 is 9.80 Å². The quantitative estimate of drug-likeness (QED) is 0.832. The first-order chi connectivity index (χ1) is 11.6. The van der Waals surface area contributed by atoms with Gasteiger partial charge in [0.15, 0.2) is 0 Å². The summed E-state index contributed by atoms with van der Waals surface area (Å²) in [6.45, 7) is 7.28. The van der Waals surface area contributed by atoms with E-state index in [0.717, 1.165) is 56.6 Å². The van der Waals surface area contributed by atoms with Crippen LogP contribution in [0.1, 0.15) is 11.3 Å². The van der Waals surface area contributed by atoms with E-state index in [-0.39, 0.29) is 0 Å². The van der Waals surface area contributed by atoms with Crippen LogP contribution in [0.4, 0.5) is 11.8 Å². The van der Waals surface area contributed by atoms with Gasteiger partial charge < -0.3 is 9.80 Å². The summed E-state index contributed by atoms with van der Waals surface area (Å²) < 4.78 is 0. The van der Waals surface area contributed by atoms with Gasteiger partial charge >= 0.3 is 0 Å². The van der Waals surface area contributed by atoms with Gasteiger partial charge in [0.25, 0.3) is 0 Å². The van der Waals surface area contributed by atoms with E-state index in [1.807, 2.05) is 44.4 Å². The minimum Gasteiger partial charge on any atom is -0.354 e. The minimum atomic E-state index is 0.781. The van der Waals surface area contributed by atoms with Gasteiger partial charge in [-0.3, -0.25) is 9.88 Å². The van der Waals surface area contributed by atoms with Gasteiger partial charge in [0.2, 0.25) is 5.95 Å². The summed E-state index contributed by atoms with van der Waals surface area (Å²) in [5, 5.41) is 0. The first kappa shape index (κ1) is 16.6. The van der Waals surface area contributed by atoms with Crippen LogP contribution in [-0.2, 0) is 6.42 Å². The van der Waals surface area contributed by atoms with Gasteiger partial charge in [-0.25, -0.2) is 4.98 Å². The first-order valence-electron chi connectivity index (χ1n) is 8.51. The molecule has 0 unspecified atom stereocenters. The highest BCUT2D eigenvalue weighted by Gasteiger charge is 2.19. The number of aryl methyl sites for hydroxylation is 1. The van der Waals surface area contributed by atoms with Gasteiger partial charge in [0, 0.05) is 71.0 Å². The molecule has 0 bridgehead atoms. The van der Waals surface area contributed by atoms with Crippen LogP contribution in [0.5, 0.6) is 0 Å². The Balaban J connectivity index is 1.55. The van der Waals surface area contributed by atoms with Crippen molar-refractivity contribution in [1.29, 1.82) is 0 Å². The Morgan fingerprint density at radius 2 is 1.92 bits per heavy atom. The molecule has 6 heteroatoms. The van der Waals surface area contributed by atoms with Crippen molar-refractivity contribution in [2.75, 3.05) is 56.6 Å². The van der Waals surface area contributed by atoms with Crippen molar-refractivity contribution in [1.82, 2.24) is 19.9 Å². The zero-order valence-electron chi connectivity index (χ0n) is 14.8. The maximum atomic E-state index is 4.69. The summed E-state index contributed by atoms with van der Waals surface area (Å²) in [5.74, 6) is 1.82. The van der Waals surface area contributed by atoms with Gasteiger partial charge in [0.1, 0.15) is 5.82 Å². The number of hydrogen-bond donors (Lipinski definition) is 0. The molecule has 0 amide bonds. The fourth-order valence-electron chi connectivity index (χ4n) is 2.93. The van der Waals surface area contributed by atoms with E-state index in [9.17, 15) is 0 Å². The van der Waals surface area contributed by atoms with Gasteiger partial charge in [-0.15, -0.1) is 0 Å². The molecule has 1 fully saturated rings. The van der Waals surface area contributed by atoms with E-state index in [1.165, 1.54) is 5.56 Å². The summed E-state index contributed by atoms with van der Waals surface area (Å²) >= 11 is 0. The molecule has 24 heavy (non-hydrogen) atoms. The summed E-state index contributed by atoms with van der Waals surface area (Å²) in [5.41, 5.74) is 2.32. The Morgan fingerprint density at radius 3 is 2.58 bits per heavy atom. The van der Waals surface area contributed by atoms with Crippen LogP contribution in [0.3, 0.4) is 0 Å². The van der Waals surface area contributed by atoms with Crippen LogP contribution in [0.25, 0.3) is 0 Å². The smallest absolute Gasteiger partial charge is 0.226 e. The maximum absolute atomic E-state index is 4.69. The molecule has 2 aromatic heterocycles. The Hall–Kier alpha value is -2.21. The molecule has 1 saturated heterocycles. The lowest BCUT2D eigenvalue weighted by Crippen LogP contribution is -2.47. The van der Waals surface area contributed by atoms with Gasteiger partial charge in [-0.05, 0) is 25.0 Å². The lowest BCUT2D eigenvalue weighted by atomic mass is 10.2. The highest BCUT2D eigenvalue weighted by atomic mass is 15.3. The van der Waals surface area contributed by atoms with Crippen LogP contribution in [0.15, 0.2) is 30.6 Å². The number of piperazine rings is 1. The summed E-state index contributed by atoms with van der Waals surface area (Å²) in [7, 11) is 3.96. The molecule has 2 aromatic rings. The van der Waals surface area contributed by atoms with E-state index in [0.29, 0.717) is 0 Å². The normalized spacial score (nSPS) is 15.5. The zero-order valence-corrected chi connectivity index (χ0v) is 14.8. The van der Waals surface area contributed by atoms with E-state index in [2.05, 4.69) is 36.9 Å². The third kappa shape index (κ3) is 4.20. The van der Waals surface area contributed by atoms with E-state index < -0.39 is 0 Å². The molecular weight excluding hydrogens is 300 g/mol. The molecule has 0 spiro atoms. The summed E-state index contributed by atoms with van der Waals surface area (Å²) in [6.07, 6.45) is 4.85. The zero-order chi connectivity index (χ0) is 16.9. The SMILES string of the molecule is Cc1cc(N2CCN(CCc3cccnc3)CC2)nc(N(C)C)n1. The Labute approximate surface area is 144 Å². The molecule has 3 rings (SSSR count). The summed E-state index contributed by atoms with van der Waals surface area (Å²) in [4.78, 5) is 20.2. The van der Waals surface area contributed by atoms with Crippen molar-refractivity contribution < 1.29 is 0 Å². The summed E-state index contributed by atoms with van der Waals surface area (Å²) in [6, 6.07) is 6.24. The fraction of sp³-hybridized carbons (Fsp3) is 0.500. The Bertz CT molecular complexity index is 650. The van der Waals surface area contributed by atoms with Crippen molar-refractivity contribution in [3.05, 3.63) is 41.9 Å². The standard InChI is InChI=1S/C18H26N6/c1-15-13-17(21-18(20-15)22(2)3)24-11-9-23(10-12-24)8-6-16-5-4-7-19-14-16/h4-5,7,13-14H,6,8-12H2,1-3H3. The predicted octanol–water partition coefficient (Wildman–Crippen LogP) is 1.61. The second-order valence-corrected chi connectivity index (χ2v) is 6.50. The van der Waals surface area contributed by atoms with Crippen molar-refractivity contribution >= 4 is 11.8 Å². The first-order valence-corrected chi connectivity index (χ1v) is 8.51. The van der Waals surface area contributed by atoms with Crippen LogP contribution in [-0.4, -0.2) is 66.7 Å². The van der Waals surface area contributed by atoms with Crippen LogP contribution in [0.2, 0.25) is 0 Å². The third-order valence-electron chi connectivity index (χ3n) is 4.36. The minimum absolute atomic E-state index is 0.781. The molecule has 0 saturated carbocycles. The highest BCUT2D eigenvalue weighted by Crippen LogP contribution is 2.18. The van der Waals surface area contributed by atoms with Gasteiger partial charge in [-0.2, -0.15) is 4.98 Å².